The molecule has 1 aliphatic heterocycles. The lowest BCUT2D eigenvalue weighted by molar-refractivity contribution is 0.414. The molecule has 0 aromatic heterocycles. The highest BCUT2D eigenvalue weighted by atomic mass is 16.5. The summed E-state index contributed by atoms with van der Waals surface area (Å²) >= 11 is 0. The molecule has 2 nitrogen and oxygen atoms in total. The fourth-order valence-corrected chi connectivity index (χ4v) is 1.75. The van der Waals surface area contributed by atoms with E-state index >= 15 is 0 Å². The van der Waals surface area contributed by atoms with Crippen LogP contribution in [0.5, 0.6) is 5.75 Å². The van der Waals surface area contributed by atoms with Gasteiger partial charge in [0.05, 0.1) is 13.7 Å². The minimum Gasteiger partial charge on any atom is -0.497 e. The number of hydrogen-bond donors (Lipinski definition) is 0. The van der Waals surface area contributed by atoms with E-state index in [1.807, 2.05) is 12.1 Å². The van der Waals surface area contributed by atoms with Gasteiger partial charge in [-0.2, -0.15) is 0 Å². The van der Waals surface area contributed by atoms with Crippen LogP contribution in [0.2, 0.25) is 0 Å². The molecule has 1 heterocycles. The van der Waals surface area contributed by atoms with Gasteiger partial charge in [0.2, 0.25) is 0 Å². The topological polar surface area (TPSA) is 12.5 Å². The van der Waals surface area contributed by atoms with Gasteiger partial charge in [0.15, 0.2) is 0 Å². The van der Waals surface area contributed by atoms with Crippen LogP contribution in [-0.2, 0) is 0 Å². The molecule has 2 rings (SSSR count). The van der Waals surface area contributed by atoms with Crippen molar-refractivity contribution >= 4 is 11.8 Å². The van der Waals surface area contributed by atoms with Crippen molar-refractivity contribution in [3.8, 4) is 18.1 Å². The Morgan fingerprint density at radius 3 is 3.13 bits per heavy atom. The van der Waals surface area contributed by atoms with Gasteiger partial charge in [0.25, 0.3) is 0 Å². The van der Waals surface area contributed by atoms with Crippen LogP contribution in [0.3, 0.4) is 0 Å². The van der Waals surface area contributed by atoms with Crippen molar-refractivity contribution in [3.63, 3.8) is 0 Å². The smallest absolute Gasteiger partial charge is 0.119 e. The van der Waals surface area contributed by atoms with E-state index in [1.165, 1.54) is 5.69 Å². The summed E-state index contributed by atoms with van der Waals surface area (Å²) < 4.78 is 5.18. The van der Waals surface area contributed by atoms with Crippen LogP contribution in [0.25, 0.3) is 6.08 Å². The van der Waals surface area contributed by atoms with Crippen molar-refractivity contribution < 1.29 is 4.74 Å². The van der Waals surface area contributed by atoms with Gasteiger partial charge in [-0.3, -0.25) is 0 Å². The molecule has 1 aromatic carbocycles. The first-order valence-electron chi connectivity index (χ1n) is 4.88. The first-order chi connectivity index (χ1) is 7.35. The zero-order valence-corrected chi connectivity index (χ0v) is 8.73. The van der Waals surface area contributed by atoms with Crippen molar-refractivity contribution in [1.29, 1.82) is 0 Å². The number of hydrogen-bond acceptors (Lipinski definition) is 2. The van der Waals surface area contributed by atoms with Crippen molar-refractivity contribution in [3.05, 3.63) is 29.8 Å². The van der Waals surface area contributed by atoms with Gasteiger partial charge in [-0.15, -0.1) is 6.42 Å². The molecule has 0 bridgehead atoms. The molecule has 1 aromatic rings. The predicted octanol–water partition coefficient (Wildman–Crippen LogP) is 2.16. The highest BCUT2D eigenvalue weighted by Crippen LogP contribution is 2.29. The van der Waals surface area contributed by atoms with E-state index in [-0.39, 0.29) is 0 Å². The van der Waals surface area contributed by atoms with E-state index in [1.54, 1.807) is 7.11 Å². The molecule has 2 heteroatoms. The van der Waals surface area contributed by atoms with Crippen LogP contribution in [0.1, 0.15) is 5.56 Å². The third kappa shape index (κ3) is 1.82. The molecular weight excluding hydrogens is 186 g/mol. The number of terminal acetylenes is 1. The maximum absolute atomic E-state index is 5.33. The van der Waals surface area contributed by atoms with Crippen LogP contribution in [0.4, 0.5) is 5.69 Å². The minimum atomic E-state index is 0.643. The largest absolute Gasteiger partial charge is 0.497 e. The number of fused-ring (bicyclic) bond motifs is 1. The van der Waals surface area contributed by atoms with Crippen LogP contribution >= 0.6 is 0 Å². The molecule has 1 aliphatic rings. The van der Waals surface area contributed by atoms with Gasteiger partial charge in [-0.1, -0.05) is 18.1 Å². The zero-order chi connectivity index (χ0) is 10.7. The van der Waals surface area contributed by atoms with Crippen LogP contribution in [0.15, 0.2) is 24.3 Å². The van der Waals surface area contributed by atoms with Crippen molar-refractivity contribution in [2.45, 2.75) is 0 Å². The van der Waals surface area contributed by atoms with E-state index in [0.717, 1.165) is 17.9 Å². The average Bonchev–Trinajstić information content (AvgIpc) is 2.29. The number of anilines is 1. The lowest BCUT2D eigenvalue weighted by Crippen LogP contribution is -2.26. The molecule has 15 heavy (non-hydrogen) atoms. The highest BCUT2D eigenvalue weighted by molar-refractivity contribution is 5.72. The van der Waals surface area contributed by atoms with E-state index in [2.05, 4.69) is 29.0 Å². The minimum absolute atomic E-state index is 0.643. The summed E-state index contributed by atoms with van der Waals surface area (Å²) in [4.78, 5) is 2.16. The standard InChI is InChI=1S/C13H13NO/c1-3-8-14-9-4-5-11-10-12(15-2)6-7-13(11)14/h1,4-7,10H,8-9H2,2H3. The normalized spacial score (nSPS) is 13.2. The van der Waals surface area contributed by atoms with Gasteiger partial charge in [-0.05, 0) is 18.2 Å². The molecule has 0 atom stereocenters. The van der Waals surface area contributed by atoms with E-state index < -0.39 is 0 Å². The summed E-state index contributed by atoms with van der Waals surface area (Å²) in [6, 6.07) is 6.03. The molecular formula is C13H13NO. The number of benzene rings is 1. The molecule has 0 N–H and O–H groups in total. The number of ether oxygens (including phenoxy) is 1. The Labute approximate surface area is 90.2 Å². The molecule has 0 fully saturated rings. The Morgan fingerprint density at radius 1 is 1.53 bits per heavy atom. The molecule has 0 saturated heterocycles. The van der Waals surface area contributed by atoms with Crippen molar-refractivity contribution in [2.24, 2.45) is 0 Å². The van der Waals surface area contributed by atoms with Crippen molar-refractivity contribution in [1.82, 2.24) is 0 Å². The molecule has 0 radical (unpaired) electrons. The fourth-order valence-electron chi connectivity index (χ4n) is 1.75. The molecule has 0 aliphatic carbocycles. The quantitative estimate of drug-likeness (QED) is 0.677. The fraction of sp³-hybridized carbons (Fsp3) is 0.231. The SMILES string of the molecule is C#CCN1CC=Cc2cc(OC)ccc21. The summed E-state index contributed by atoms with van der Waals surface area (Å²) in [6.45, 7) is 1.52. The summed E-state index contributed by atoms with van der Waals surface area (Å²) in [5.74, 6) is 3.54. The second-order valence-corrected chi connectivity index (χ2v) is 3.41. The average molecular weight is 199 g/mol. The molecule has 0 saturated carbocycles. The van der Waals surface area contributed by atoms with E-state index in [9.17, 15) is 0 Å². The first kappa shape index (κ1) is 9.67. The third-order valence-electron chi connectivity index (χ3n) is 2.48. The molecule has 76 valence electrons. The van der Waals surface area contributed by atoms with Crippen LogP contribution in [0, 0.1) is 12.3 Å². The maximum atomic E-state index is 5.33. The Bertz CT molecular complexity index is 429. The molecule has 0 amide bonds. The summed E-state index contributed by atoms with van der Waals surface area (Å²) in [6.07, 6.45) is 9.54. The first-order valence-corrected chi connectivity index (χ1v) is 4.88. The second kappa shape index (κ2) is 4.10. The van der Waals surface area contributed by atoms with Gasteiger partial charge >= 0.3 is 0 Å². The Kier molecular flexibility index (Phi) is 2.64. The maximum Gasteiger partial charge on any atom is 0.119 e. The number of nitrogens with zero attached hydrogens (tertiary/aromatic N) is 1. The molecule has 0 unspecified atom stereocenters. The van der Waals surface area contributed by atoms with Crippen molar-refractivity contribution in [2.75, 3.05) is 25.1 Å². The predicted molar refractivity (Wildman–Crippen MR) is 63.1 cm³/mol. The number of methoxy groups -OCH3 is 1. The Morgan fingerprint density at radius 2 is 2.40 bits per heavy atom. The zero-order valence-electron chi connectivity index (χ0n) is 8.73. The van der Waals surface area contributed by atoms with Gasteiger partial charge in [-0.25, -0.2) is 0 Å². The summed E-state index contributed by atoms with van der Waals surface area (Å²) in [5, 5.41) is 0. The summed E-state index contributed by atoms with van der Waals surface area (Å²) in [5.41, 5.74) is 2.34. The lowest BCUT2D eigenvalue weighted by Gasteiger charge is -2.26. The Balaban J connectivity index is 2.38. The van der Waals surface area contributed by atoms with E-state index in [4.69, 9.17) is 11.2 Å². The van der Waals surface area contributed by atoms with E-state index in [0.29, 0.717) is 6.54 Å². The third-order valence-corrected chi connectivity index (χ3v) is 2.48. The lowest BCUT2D eigenvalue weighted by atomic mass is 10.1. The van der Waals surface area contributed by atoms with Crippen LogP contribution in [-0.4, -0.2) is 20.2 Å². The second-order valence-electron chi connectivity index (χ2n) is 3.41. The van der Waals surface area contributed by atoms with Gasteiger partial charge in [0, 0.05) is 17.8 Å². The Hall–Kier alpha value is -1.88. The summed E-state index contributed by atoms with van der Waals surface area (Å²) in [7, 11) is 1.67. The monoisotopic (exact) mass is 199 g/mol. The van der Waals surface area contributed by atoms with Crippen LogP contribution < -0.4 is 9.64 Å². The number of rotatable bonds is 2. The molecule has 0 spiro atoms. The van der Waals surface area contributed by atoms with Gasteiger partial charge < -0.3 is 9.64 Å². The highest BCUT2D eigenvalue weighted by Gasteiger charge is 2.12. The van der Waals surface area contributed by atoms with Gasteiger partial charge in [0.1, 0.15) is 5.75 Å².